The van der Waals surface area contributed by atoms with Crippen LogP contribution < -0.4 is 5.32 Å². The highest BCUT2D eigenvalue weighted by Crippen LogP contribution is 2.25. The first-order chi connectivity index (χ1) is 13.2. The van der Waals surface area contributed by atoms with Crippen molar-refractivity contribution in [3.8, 4) is 11.5 Å². The van der Waals surface area contributed by atoms with Gasteiger partial charge in [0, 0.05) is 24.5 Å². The van der Waals surface area contributed by atoms with E-state index in [1.807, 2.05) is 30.3 Å². The van der Waals surface area contributed by atoms with Crippen molar-refractivity contribution in [2.24, 2.45) is 0 Å². The van der Waals surface area contributed by atoms with E-state index in [-0.39, 0.29) is 5.91 Å². The maximum atomic E-state index is 12.1. The number of nitrogens with one attached hydrogen (secondary N) is 1. The van der Waals surface area contributed by atoms with Gasteiger partial charge in [0.15, 0.2) is 5.58 Å². The van der Waals surface area contributed by atoms with Gasteiger partial charge in [0.05, 0.1) is 5.56 Å². The summed E-state index contributed by atoms with van der Waals surface area (Å²) < 4.78 is 5.86. The summed E-state index contributed by atoms with van der Waals surface area (Å²) >= 11 is 0. The van der Waals surface area contributed by atoms with Gasteiger partial charge in [-0.3, -0.25) is 9.78 Å². The standard InChI is InChI=1S/C22H19N3O2/c1-2-15-7-10-20-19(12-15)25-22(27-20)17-8-5-16(6-9-17)13-24-21(26)18-4-3-11-23-14-18/h3-12,14H,2,13H2,1H3,(H,24,26). The van der Waals surface area contributed by atoms with Crippen molar-refractivity contribution >= 4 is 17.0 Å². The minimum Gasteiger partial charge on any atom is -0.436 e. The predicted molar refractivity (Wildman–Crippen MR) is 104 cm³/mol. The first kappa shape index (κ1) is 17.0. The number of fused-ring (bicyclic) bond motifs is 1. The molecule has 0 aliphatic rings. The molecule has 0 aliphatic heterocycles. The number of amides is 1. The molecule has 5 nitrogen and oxygen atoms in total. The molecule has 0 saturated carbocycles. The Hall–Kier alpha value is -3.47. The van der Waals surface area contributed by atoms with Crippen LogP contribution in [0, 0.1) is 0 Å². The summed E-state index contributed by atoms with van der Waals surface area (Å²) in [4.78, 5) is 20.6. The first-order valence-corrected chi connectivity index (χ1v) is 8.90. The minimum atomic E-state index is -0.141. The lowest BCUT2D eigenvalue weighted by Gasteiger charge is -2.05. The van der Waals surface area contributed by atoms with Gasteiger partial charge in [0.1, 0.15) is 5.52 Å². The minimum absolute atomic E-state index is 0.141. The normalized spacial score (nSPS) is 10.9. The van der Waals surface area contributed by atoms with E-state index in [4.69, 9.17) is 4.42 Å². The molecule has 2 aromatic carbocycles. The van der Waals surface area contributed by atoms with E-state index in [2.05, 4.69) is 34.3 Å². The Kier molecular flexibility index (Phi) is 4.66. The van der Waals surface area contributed by atoms with Crippen molar-refractivity contribution in [3.05, 3.63) is 83.7 Å². The highest BCUT2D eigenvalue weighted by atomic mass is 16.3. The van der Waals surface area contributed by atoms with Gasteiger partial charge in [-0.2, -0.15) is 0 Å². The molecule has 0 saturated heterocycles. The van der Waals surface area contributed by atoms with Crippen molar-refractivity contribution in [1.82, 2.24) is 15.3 Å². The van der Waals surface area contributed by atoms with Gasteiger partial charge in [0.25, 0.3) is 5.91 Å². The largest absolute Gasteiger partial charge is 0.436 e. The fraction of sp³-hybridized carbons (Fsp3) is 0.136. The van der Waals surface area contributed by atoms with Gasteiger partial charge < -0.3 is 9.73 Å². The maximum absolute atomic E-state index is 12.1. The number of hydrogen-bond acceptors (Lipinski definition) is 4. The summed E-state index contributed by atoms with van der Waals surface area (Å²) in [5.74, 6) is 0.460. The quantitative estimate of drug-likeness (QED) is 0.575. The van der Waals surface area contributed by atoms with Crippen LogP contribution in [0.4, 0.5) is 0 Å². The summed E-state index contributed by atoms with van der Waals surface area (Å²) in [5, 5.41) is 2.89. The van der Waals surface area contributed by atoms with E-state index in [9.17, 15) is 4.79 Å². The summed E-state index contributed by atoms with van der Waals surface area (Å²) in [6.45, 7) is 2.56. The molecule has 27 heavy (non-hydrogen) atoms. The number of rotatable bonds is 5. The zero-order chi connectivity index (χ0) is 18.6. The number of pyridine rings is 1. The van der Waals surface area contributed by atoms with E-state index >= 15 is 0 Å². The fourth-order valence-corrected chi connectivity index (χ4v) is 2.86. The smallest absolute Gasteiger partial charge is 0.253 e. The van der Waals surface area contributed by atoms with Crippen LogP contribution in [0.1, 0.15) is 28.4 Å². The number of carbonyl (C=O) groups excluding carboxylic acids is 1. The average molecular weight is 357 g/mol. The summed E-state index contributed by atoms with van der Waals surface area (Å²) in [5.41, 5.74) is 5.35. The van der Waals surface area contributed by atoms with Crippen LogP contribution in [0.25, 0.3) is 22.6 Å². The summed E-state index contributed by atoms with van der Waals surface area (Å²) in [7, 11) is 0. The third-order valence-corrected chi connectivity index (χ3v) is 4.44. The van der Waals surface area contributed by atoms with E-state index in [1.165, 1.54) is 5.56 Å². The van der Waals surface area contributed by atoms with Crippen molar-refractivity contribution < 1.29 is 9.21 Å². The van der Waals surface area contributed by atoms with Crippen LogP contribution in [0.2, 0.25) is 0 Å². The molecule has 0 unspecified atom stereocenters. The molecule has 2 heterocycles. The zero-order valence-corrected chi connectivity index (χ0v) is 15.0. The fourth-order valence-electron chi connectivity index (χ4n) is 2.86. The molecular weight excluding hydrogens is 338 g/mol. The molecule has 134 valence electrons. The molecule has 0 atom stereocenters. The summed E-state index contributed by atoms with van der Waals surface area (Å²) in [6.07, 6.45) is 4.16. The number of oxazole rings is 1. The van der Waals surface area contributed by atoms with Gasteiger partial charge in [-0.05, 0) is 53.9 Å². The summed E-state index contributed by atoms with van der Waals surface area (Å²) in [6, 6.07) is 17.4. The van der Waals surface area contributed by atoms with Gasteiger partial charge in [-0.25, -0.2) is 4.98 Å². The van der Waals surface area contributed by atoms with Gasteiger partial charge >= 0.3 is 0 Å². The third kappa shape index (κ3) is 3.72. The van der Waals surface area contributed by atoms with Crippen LogP contribution >= 0.6 is 0 Å². The van der Waals surface area contributed by atoms with Crippen molar-refractivity contribution in [2.45, 2.75) is 19.9 Å². The highest BCUT2D eigenvalue weighted by Gasteiger charge is 2.09. The van der Waals surface area contributed by atoms with Crippen LogP contribution in [-0.2, 0) is 13.0 Å². The van der Waals surface area contributed by atoms with E-state index in [0.29, 0.717) is 18.0 Å². The molecule has 2 aromatic heterocycles. The topological polar surface area (TPSA) is 68.0 Å². The lowest BCUT2D eigenvalue weighted by molar-refractivity contribution is 0.0950. The Balaban J connectivity index is 1.46. The van der Waals surface area contributed by atoms with Gasteiger partial charge in [-0.1, -0.05) is 25.1 Å². The first-order valence-electron chi connectivity index (χ1n) is 8.90. The molecule has 0 spiro atoms. The zero-order valence-electron chi connectivity index (χ0n) is 15.0. The van der Waals surface area contributed by atoms with Gasteiger partial charge in [-0.15, -0.1) is 0 Å². The molecule has 4 aromatic rings. The Bertz CT molecular complexity index is 1070. The van der Waals surface area contributed by atoms with Crippen LogP contribution in [0.5, 0.6) is 0 Å². The average Bonchev–Trinajstić information content (AvgIpc) is 3.16. The molecule has 0 aliphatic carbocycles. The monoisotopic (exact) mass is 357 g/mol. The molecule has 0 radical (unpaired) electrons. The molecule has 5 heteroatoms. The second-order valence-electron chi connectivity index (χ2n) is 6.30. The number of benzene rings is 2. The van der Waals surface area contributed by atoms with Crippen LogP contribution in [0.3, 0.4) is 0 Å². The second-order valence-corrected chi connectivity index (χ2v) is 6.30. The lowest BCUT2D eigenvalue weighted by Crippen LogP contribution is -2.22. The van der Waals surface area contributed by atoms with Crippen molar-refractivity contribution in [1.29, 1.82) is 0 Å². The molecular formula is C22H19N3O2. The lowest BCUT2D eigenvalue weighted by atomic mass is 10.1. The van der Waals surface area contributed by atoms with E-state index < -0.39 is 0 Å². The number of nitrogens with zero attached hydrogens (tertiary/aromatic N) is 2. The van der Waals surface area contributed by atoms with Crippen LogP contribution in [-0.4, -0.2) is 15.9 Å². The van der Waals surface area contributed by atoms with Gasteiger partial charge in [0.2, 0.25) is 5.89 Å². The van der Waals surface area contributed by atoms with E-state index in [0.717, 1.165) is 28.6 Å². The maximum Gasteiger partial charge on any atom is 0.253 e. The van der Waals surface area contributed by atoms with Crippen LogP contribution in [0.15, 0.2) is 71.4 Å². The number of aromatic nitrogens is 2. The van der Waals surface area contributed by atoms with Crippen molar-refractivity contribution in [2.75, 3.05) is 0 Å². The number of carbonyl (C=O) groups is 1. The van der Waals surface area contributed by atoms with Crippen molar-refractivity contribution in [3.63, 3.8) is 0 Å². The molecule has 1 N–H and O–H groups in total. The number of hydrogen-bond donors (Lipinski definition) is 1. The molecule has 4 rings (SSSR count). The Morgan fingerprint density at radius 3 is 2.63 bits per heavy atom. The SMILES string of the molecule is CCc1ccc2oc(-c3ccc(CNC(=O)c4cccnc4)cc3)nc2c1. The third-order valence-electron chi connectivity index (χ3n) is 4.44. The molecule has 1 amide bonds. The van der Waals surface area contributed by atoms with E-state index in [1.54, 1.807) is 24.5 Å². The Labute approximate surface area is 157 Å². The molecule has 0 fully saturated rings. The Morgan fingerprint density at radius 1 is 1.07 bits per heavy atom. The highest BCUT2D eigenvalue weighted by molar-refractivity contribution is 5.93. The Morgan fingerprint density at radius 2 is 1.89 bits per heavy atom. The number of aryl methyl sites for hydroxylation is 1. The second kappa shape index (κ2) is 7.41. The molecule has 0 bridgehead atoms. The predicted octanol–water partition coefficient (Wildman–Crippen LogP) is 4.38.